The Morgan fingerprint density at radius 1 is 1.30 bits per heavy atom. The molecule has 0 aliphatic heterocycles. The molecular weight excluding hydrogens is 253 g/mol. The standard InChI is InChI=1S/C16H20FN3/c1-11-14(10-19-20(11)2)9-18-16-7-13(8-16)12-3-5-15(17)6-4-12/h3-6,10,13,16,18H,7-9H2,1-2H3. The Kier molecular flexibility index (Phi) is 3.57. The number of hydrogen-bond acceptors (Lipinski definition) is 2. The molecule has 1 aliphatic rings. The maximum Gasteiger partial charge on any atom is 0.123 e. The Bertz CT molecular complexity index is 582. The minimum Gasteiger partial charge on any atom is -0.310 e. The lowest BCUT2D eigenvalue weighted by molar-refractivity contribution is 0.289. The fraction of sp³-hybridized carbons (Fsp3) is 0.438. The summed E-state index contributed by atoms with van der Waals surface area (Å²) >= 11 is 0. The van der Waals surface area contributed by atoms with Gasteiger partial charge in [0.2, 0.25) is 0 Å². The van der Waals surface area contributed by atoms with Crippen molar-refractivity contribution in [1.82, 2.24) is 15.1 Å². The maximum absolute atomic E-state index is 12.9. The van der Waals surface area contributed by atoms with Crippen molar-refractivity contribution in [3.05, 3.63) is 53.1 Å². The summed E-state index contributed by atoms with van der Waals surface area (Å²) in [6, 6.07) is 7.47. The Morgan fingerprint density at radius 2 is 2.00 bits per heavy atom. The minimum absolute atomic E-state index is 0.158. The molecule has 3 nitrogen and oxygen atoms in total. The average molecular weight is 273 g/mol. The Balaban J connectivity index is 1.49. The second-order valence-corrected chi connectivity index (χ2v) is 5.68. The Morgan fingerprint density at radius 3 is 2.60 bits per heavy atom. The monoisotopic (exact) mass is 273 g/mol. The summed E-state index contributed by atoms with van der Waals surface area (Å²) in [5.41, 5.74) is 3.73. The summed E-state index contributed by atoms with van der Waals surface area (Å²) in [7, 11) is 1.97. The SMILES string of the molecule is Cc1c(CNC2CC(c3ccc(F)cc3)C2)cnn1C. The van der Waals surface area contributed by atoms with E-state index in [4.69, 9.17) is 0 Å². The number of halogens is 1. The predicted octanol–water partition coefficient (Wildman–Crippen LogP) is 2.90. The van der Waals surface area contributed by atoms with Crippen LogP contribution in [0.15, 0.2) is 30.5 Å². The van der Waals surface area contributed by atoms with Crippen molar-refractivity contribution in [2.24, 2.45) is 7.05 Å². The normalized spacial score (nSPS) is 21.8. The fourth-order valence-electron chi connectivity index (χ4n) is 2.76. The molecule has 2 aromatic rings. The van der Waals surface area contributed by atoms with Gasteiger partial charge >= 0.3 is 0 Å². The van der Waals surface area contributed by atoms with Crippen LogP contribution in [0.25, 0.3) is 0 Å². The van der Waals surface area contributed by atoms with E-state index in [1.165, 1.54) is 16.8 Å². The molecule has 106 valence electrons. The molecule has 0 radical (unpaired) electrons. The van der Waals surface area contributed by atoms with Gasteiger partial charge in [0.15, 0.2) is 0 Å². The molecule has 20 heavy (non-hydrogen) atoms. The highest BCUT2D eigenvalue weighted by Crippen LogP contribution is 2.36. The first-order chi connectivity index (χ1) is 9.63. The molecule has 1 aromatic heterocycles. The quantitative estimate of drug-likeness (QED) is 0.928. The zero-order chi connectivity index (χ0) is 14.1. The van der Waals surface area contributed by atoms with E-state index < -0.39 is 0 Å². The topological polar surface area (TPSA) is 29.9 Å². The number of rotatable bonds is 4. The molecule has 1 heterocycles. The van der Waals surface area contributed by atoms with Gasteiger partial charge in [0.05, 0.1) is 6.20 Å². The van der Waals surface area contributed by atoms with Crippen LogP contribution in [0.3, 0.4) is 0 Å². The highest BCUT2D eigenvalue weighted by Gasteiger charge is 2.29. The van der Waals surface area contributed by atoms with Crippen LogP contribution < -0.4 is 5.32 Å². The van der Waals surface area contributed by atoms with Gasteiger partial charge in [-0.1, -0.05) is 12.1 Å². The first kappa shape index (κ1) is 13.3. The maximum atomic E-state index is 12.9. The molecular formula is C16H20FN3. The molecule has 0 bridgehead atoms. The molecule has 3 rings (SSSR count). The van der Waals surface area contributed by atoms with Gasteiger partial charge in [0, 0.05) is 30.9 Å². The van der Waals surface area contributed by atoms with Crippen LogP contribution in [0.5, 0.6) is 0 Å². The largest absolute Gasteiger partial charge is 0.310 e. The molecule has 0 atom stereocenters. The van der Waals surface area contributed by atoms with Crippen LogP contribution in [0.1, 0.15) is 35.6 Å². The third kappa shape index (κ3) is 2.61. The van der Waals surface area contributed by atoms with Crippen LogP contribution in [-0.4, -0.2) is 15.8 Å². The van der Waals surface area contributed by atoms with Crippen molar-refractivity contribution in [2.45, 2.75) is 38.3 Å². The van der Waals surface area contributed by atoms with Gasteiger partial charge in [0.25, 0.3) is 0 Å². The summed E-state index contributed by atoms with van der Waals surface area (Å²) in [5.74, 6) is 0.415. The van der Waals surface area contributed by atoms with Crippen LogP contribution in [-0.2, 0) is 13.6 Å². The van der Waals surface area contributed by atoms with E-state index in [0.717, 1.165) is 19.4 Å². The fourth-order valence-corrected chi connectivity index (χ4v) is 2.76. The van der Waals surface area contributed by atoms with Crippen molar-refractivity contribution in [2.75, 3.05) is 0 Å². The lowest BCUT2D eigenvalue weighted by Crippen LogP contribution is -2.39. The van der Waals surface area contributed by atoms with Gasteiger partial charge in [-0.05, 0) is 43.4 Å². The minimum atomic E-state index is -0.158. The van der Waals surface area contributed by atoms with Crippen molar-refractivity contribution in [3.8, 4) is 0 Å². The van der Waals surface area contributed by atoms with Crippen molar-refractivity contribution in [3.63, 3.8) is 0 Å². The van der Waals surface area contributed by atoms with Gasteiger partial charge in [-0.15, -0.1) is 0 Å². The zero-order valence-electron chi connectivity index (χ0n) is 11.9. The average Bonchev–Trinajstić information content (AvgIpc) is 2.71. The molecule has 1 fully saturated rings. The summed E-state index contributed by atoms with van der Waals surface area (Å²) in [4.78, 5) is 0. The summed E-state index contributed by atoms with van der Waals surface area (Å²) in [6.07, 6.45) is 4.19. The summed E-state index contributed by atoms with van der Waals surface area (Å²) < 4.78 is 14.8. The number of hydrogen-bond donors (Lipinski definition) is 1. The molecule has 1 aliphatic carbocycles. The van der Waals surface area contributed by atoms with Crippen LogP contribution >= 0.6 is 0 Å². The summed E-state index contributed by atoms with van der Waals surface area (Å²) in [5, 5.41) is 7.82. The highest BCUT2D eigenvalue weighted by molar-refractivity contribution is 5.24. The molecule has 4 heteroatoms. The van der Waals surface area contributed by atoms with Gasteiger partial charge in [0.1, 0.15) is 5.82 Å². The lowest BCUT2D eigenvalue weighted by atomic mass is 9.76. The second-order valence-electron chi connectivity index (χ2n) is 5.68. The number of benzene rings is 1. The highest BCUT2D eigenvalue weighted by atomic mass is 19.1. The lowest BCUT2D eigenvalue weighted by Gasteiger charge is -2.36. The van der Waals surface area contributed by atoms with Crippen molar-refractivity contribution >= 4 is 0 Å². The van der Waals surface area contributed by atoms with Crippen LogP contribution in [0, 0.1) is 12.7 Å². The van der Waals surface area contributed by atoms with Gasteiger partial charge < -0.3 is 5.32 Å². The van der Waals surface area contributed by atoms with Crippen molar-refractivity contribution in [1.29, 1.82) is 0 Å². The molecule has 0 spiro atoms. The van der Waals surface area contributed by atoms with E-state index in [0.29, 0.717) is 12.0 Å². The number of nitrogens with one attached hydrogen (secondary N) is 1. The van der Waals surface area contributed by atoms with Gasteiger partial charge in [-0.2, -0.15) is 5.10 Å². The molecule has 1 saturated carbocycles. The first-order valence-corrected chi connectivity index (χ1v) is 7.10. The summed E-state index contributed by atoms with van der Waals surface area (Å²) in [6.45, 7) is 2.96. The van der Waals surface area contributed by atoms with Gasteiger partial charge in [-0.25, -0.2) is 4.39 Å². The molecule has 1 N–H and O–H groups in total. The van der Waals surface area contributed by atoms with Gasteiger partial charge in [-0.3, -0.25) is 4.68 Å². The third-order valence-electron chi connectivity index (χ3n) is 4.40. The first-order valence-electron chi connectivity index (χ1n) is 7.10. The smallest absolute Gasteiger partial charge is 0.123 e. The molecule has 0 amide bonds. The van der Waals surface area contributed by atoms with E-state index >= 15 is 0 Å². The second kappa shape index (κ2) is 5.37. The number of aromatic nitrogens is 2. The van der Waals surface area contributed by atoms with Crippen LogP contribution in [0.4, 0.5) is 4.39 Å². The van der Waals surface area contributed by atoms with E-state index in [1.807, 2.05) is 30.1 Å². The van der Waals surface area contributed by atoms with Crippen molar-refractivity contribution < 1.29 is 4.39 Å². The molecule has 1 aromatic carbocycles. The third-order valence-corrected chi connectivity index (χ3v) is 4.40. The van der Waals surface area contributed by atoms with E-state index in [1.54, 1.807) is 12.1 Å². The van der Waals surface area contributed by atoms with E-state index in [9.17, 15) is 4.39 Å². The molecule has 0 unspecified atom stereocenters. The van der Waals surface area contributed by atoms with E-state index in [2.05, 4.69) is 17.3 Å². The number of nitrogens with zero attached hydrogens (tertiary/aromatic N) is 2. The Labute approximate surface area is 118 Å². The predicted molar refractivity (Wildman–Crippen MR) is 76.9 cm³/mol. The number of aryl methyl sites for hydroxylation is 1. The zero-order valence-corrected chi connectivity index (χ0v) is 11.9. The van der Waals surface area contributed by atoms with E-state index in [-0.39, 0.29) is 5.82 Å². The molecule has 0 saturated heterocycles. The Hall–Kier alpha value is -1.68. The van der Waals surface area contributed by atoms with Crippen LogP contribution in [0.2, 0.25) is 0 Å².